The molecular weight excluding hydrogens is 759 g/mol. The minimum Gasteiger partial charge on any atom is -0.455 e. The molecule has 2 heterocycles. The third kappa shape index (κ3) is 5.28. The number of furan rings is 1. The largest absolute Gasteiger partial charge is 0.455 e. The highest BCUT2D eigenvalue weighted by molar-refractivity contribution is 7.26. The first-order valence-electron chi connectivity index (χ1n) is 20.8. The molecule has 13 aromatic rings. The van der Waals surface area contributed by atoms with Crippen LogP contribution < -0.4 is 4.90 Å². The first kappa shape index (κ1) is 34.2. The van der Waals surface area contributed by atoms with E-state index in [-0.39, 0.29) is 0 Å². The zero-order valence-electron chi connectivity index (χ0n) is 33.0. The van der Waals surface area contributed by atoms with Crippen molar-refractivity contribution in [3.8, 4) is 22.3 Å². The zero-order valence-corrected chi connectivity index (χ0v) is 33.8. The Bertz CT molecular complexity index is 3870. The summed E-state index contributed by atoms with van der Waals surface area (Å²) in [5.41, 5.74) is 10.0. The van der Waals surface area contributed by atoms with E-state index in [2.05, 4.69) is 211 Å². The van der Waals surface area contributed by atoms with Gasteiger partial charge in [-0.05, 0) is 108 Å². The normalized spacial score (nSPS) is 11.9. The third-order valence-electron chi connectivity index (χ3n) is 12.6. The second-order valence-corrected chi connectivity index (χ2v) is 17.0. The molecule has 0 aliphatic rings. The van der Waals surface area contributed by atoms with Gasteiger partial charge in [-0.3, -0.25) is 0 Å². The molecule has 0 aliphatic carbocycles. The number of nitrogens with zero attached hydrogens (tertiary/aromatic N) is 1. The van der Waals surface area contributed by atoms with Gasteiger partial charge in [0, 0.05) is 43.0 Å². The number of para-hydroxylation sites is 1. The molecule has 13 rings (SSSR count). The minimum atomic E-state index is 0.910. The molecule has 0 fully saturated rings. The van der Waals surface area contributed by atoms with E-state index in [0.717, 1.165) is 44.3 Å². The average molecular weight is 794 g/mol. The van der Waals surface area contributed by atoms with Crippen LogP contribution in [-0.2, 0) is 0 Å². The Kier molecular flexibility index (Phi) is 7.51. The van der Waals surface area contributed by atoms with Crippen molar-refractivity contribution >= 4 is 114 Å². The molecule has 284 valence electrons. The summed E-state index contributed by atoms with van der Waals surface area (Å²) in [6, 6.07) is 77.5. The maximum atomic E-state index is 6.47. The molecule has 2 nitrogen and oxygen atoms in total. The van der Waals surface area contributed by atoms with Gasteiger partial charge >= 0.3 is 0 Å². The lowest BCUT2D eigenvalue weighted by molar-refractivity contribution is 0.672. The molecule has 0 saturated heterocycles. The van der Waals surface area contributed by atoms with Crippen molar-refractivity contribution in [1.82, 2.24) is 0 Å². The summed E-state index contributed by atoms with van der Waals surface area (Å²) < 4.78 is 9.04. The van der Waals surface area contributed by atoms with Crippen molar-refractivity contribution in [3.05, 3.63) is 212 Å². The molecule has 61 heavy (non-hydrogen) atoms. The van der Waals surface area contributed by atoms with Gasteiger partial charge in [0.15, 0.2) is 0 Å². The van der Waals surface area contributed by atoms with Crippen LogP contribution in [0.25, 0.3) is 107 Å². The summed E-state index contributed by atoms with van der Waals surface area (Å²) in [6.07, 6.45) is 0. The number of hydrogen-bond donors (Lipinski definition) is 0. The predicted molar refractivity (Wildman–Crippen MR) is 262 cm³/mol. The van der Waals surface area contributed by atoms with Crippen LogP contribution in [0.4, 0.5) is 17.1 Å². The maximum Gasteiger partial charge on any atom is 0.143 e. The van der Waals surface area contributed by atoms with Crippen LogP contribution >= 0.6 is 11.3 Å². The lowest BCUT2D eigenvalue weighted by atomic mass is 9.95. The fraction of sp³-hybridized carbons (Fsp3) is 0. The van der Waals surface area contributed by atoms with Gasteiger partial charge in [-0.2, -0.15) is 0 Å². The van der Waals surface area contributed by atoms with Gasteiger partial charge < -0.3 is 9.32 Å². The van der Waals surface area contributed by atoms with Crippen LogP contribution in [0.3, 0.4) is 0 Å². The first-order chi connectivity index (χ1) is 30.2. The van der Waals surface area contributed by atoms with Crippen molar-refractivity contribution < 1.29 is 4.42 Å². The molecule has 0 N–H and O–H groups in total. The molecule has 0 unspecified atom stereocenters. The van der Waals surface area contributed by atoms with Gasteiger partial charge in [-0.1, -0.05) is 164 Å². The number of hydrogen-bond acceptors (Lipinski definition) is 3. The molecular formula is C58H35NOS. The highest BCUT2D eigenvalue weighted by atomic mass is 32.1. The van der Waals surface area contributed by atoms with E-state index in [1.54, 1.807) is 0 Å². The van der Waals surface area contributed by atoms with Gasteiger partial charge in [-0.15, -0.1) is 11.3 Å². The highest BCUT2D eigenvalue weighted by Crippen LogP contribution is 2.50. The average Bonchev–Trinajstić information content (AvgIpc) is 3.92. The lowest BCUT2D eigenvalue weighted by Crippen LogP contribution is -2.10. The number of anilines is 3. The van der Waals surface area contributed by atoms with Gasteiger partial charge in [0.05, 0.1) is 10.4 Å². The Labute approximate surface area is 355 Å². The third-order valence-corrected chi connectivity index (χ3v) is 13.8. The molecule has 0 aliphatic heterocycles. The summed E-state index contributed by atoms with van der Waals surface area (Å²) >= 11 is 1.89. The lowest BCUT2D eigenvalue weighted by Gasteiger charge is -2.27. The fourth-order valence-corrected chi connectivity index (χ4v) is 11.0. The number of benzene rings is 11. The van der Waals surface area contributed by atoms with Crippen molar-refractivity contribution in [2.75, 3.05) is 4.90 Å². The van der Waals surface area contributed by atoms with Crippen LogP contribution in [0.5, 0.6) is 0 Å². The maximum absolute atomic E-state index is 6.47. The summed E-state index contributed by atoms with van der Waals surface area (Å²) in [5, 5.41) is 14.8. The Morgan fingerprint density at radius 1 is 0.361 bits per heavy atom. The Hall–Kier alpha value is -7.72. The van der Waals surface area contributed by atoms with Crippen molar-refractivity contribution in [2.45, 2.75) is 0 Å². The molecule has 0 atom stereocenters. The predicted octanol–water partition coefficient (Wildman–Crippen LogP) is 17.4. The Morgan fingerprint density at radius 3 is 1.66 bits per heavy atom. The Morgan fingerprint density at radius 2 is 0.918 bits per heavy atom. The molecule has 11 aromatic carbocycles. The van der Waals surface area contributed by atoms with Crippen molar-refractivity contribution in [1.29, 1.82) is 0 Å². The second-order valence-electron chi connectivity index (χ2n) is 16.0. The smallest absolute Gasteiger partial charge is 0.143 e. The van der Waals surface area contributed by atoms with E-state index in [4.69, 9.17) is 4.42 Å². The number of thiophene rings is 1. The summed E-state index contributed by atoms with van der Waals surface area (Å²) in [4.78, 5) is 2.47. The molecule has 0 spiro atoms. The summed E-state index contributed by atoms with van der Waals surface area (Å²) in [6.45, 7) is 0. The quantitative estimate of drug-likeness (QED) is 0.173. The van der Waals surface area contributed by atoms with Crippen molar-refractivity contribution in [2.24, 2.45) is 0 Å². The molecule has 2 aromatic heterocycles. The summed E-state index contributed by atoms with van der Waals surface area (Å²) in [7, 11) is 0. The van der Waals surface area contributed by atoms with Crippen LogP contribution in [0, 0.1) is 0 Å². The first-order valence-corrected chi connectivity index (χ1v) is 21.6. The van der Waals surface area contributed by atoms with Crippen molar-refractivity contribution in [3.63, 3.8) is 0 Å². The van der Waals surface area contributed by atoms with Crippen LogP contribution in [0.15, 0.2) is 217 Å². The van der Waals surface area contributed by atoms with Gasteiger partial charge in [0.25, 0.3) is 0 Å². The van der Waals surface area contributed by atoms with E-state index in [1.165, 1.54) is 80.3 Å². The van der Waals surface area contributed by atoms with E-state index in [9.17, 15) is 0 Å². The van der Waals surface area contributed by atoms with Gasteiger partial charge in [0.1, 0.15) is 11.2 Å². The van der Waals surface area contributed by atoms with Crippen LogP contribution in [0.1, 0.15) is 0 Å². The zero-order chi connectivity index (χ0) is 40.0. The Balaban J connectivity index is 1.04. The molecule has 0 bridgehead atoms. The molecule has 0 radical (unpaired) electrons. The van der Waals surface area contributed by atoms with E-state index >= 15 is 0 Å². The highest BCUT2D eigenvalue weighted by Gasteiger charge is 2.22. The molecule has 0 amide bonds. The monoisotopic (exact) mass is 793 g/mol. The minimum absolute atomic E-state index is 0.910. The molecule has 3 heteroatoms. The number of rotatable bonds is 5. The summed E-state index contributed by atoms with van der Waals surface area (Å²) in [5.74, 6) is 0. The topological polar surface area (TPSA) is 16.4 Å². The standard InChI is InChI=1S/C58H35NOS/c1-4-16-43-36(12-1)15-11-22-44(43)38-24-29-41(30-25-38)59(52-34-40-14-3-6-18-46(40)56-55-45-17-5-2-13-37(45)28-33-54(55)61-58(52)56)42-31-26-39(27-32-42)50-35-51-48-20-9-10-23-53(48)60-57(51)49-21-8-7-19-47(49)50/h1-35H. The van der Waals surface area contributed by atoms with E-state index in [0.29, 0.717) is 0 Å². The number of fused-ring (bicyclic) bond motifs is 13. The fourth-order valence-electron chi connectivity index (χ4n) is 9.81. The van der Waals surface area contributed by atoms with E-state index < -0.39 is 0 Å². The second kappa shape index (κ2) is 13.4. The molecule has 0 saturated carbocycles. The SMILES string of the molecule is c1ccc2c(-c3ccc(N(c4ccc(-c5cc6c7ccccc7oc6c6ccccc56)cc4)c4cc5ccccc5c5c4sc4ccc6ccccc6c45)cc3)cccc2c1. The van der Waals surface area contributed by atoms with Crippen LogP contribution in [-0.4, -0.2) is 0 Å². The van der Waals surface area contributed by atoms with Crippen LogP contribution in [0.2, 0.25) is 0 Å². The van der Waals surface area contributed by atoms with Gasteiger partial charge in [0.2, 0.25) is 0 Å². The van der Waals surface area contributed by atoms with E-state index in [1.807, 2.05) is 17.4 Å². The van der Waals surface area contributed by atoms with Gasteiger partial charge in [-0.25, -0.2) is 0 Å².